The van der Waals surface area contributed by atoms with E-state index in [0.29, 0.717) is 11.5 Å². The molecule has 22 heavy (non-hydrogen) atoms. The highest BCUT2D eigenvalue weighted by Gasteiger charge is 2.12. The first-order valence-electron chi connectivity index (χ1n) is 6.55. The van der Waals surface area contributed by atoms with Crippen LogP contribution in [0, 0.1) is 6.92 Å². The molecule has 0 aliphatic rings. The monoisotopic (exact) mass is 315 g/mol. The summed E-state index contributed by atoms with van der Waals surface area (Å²) >= 11 is 1.08. The summed E-state index contributed by atoms with van der Waals surface area (Å²) in [6.45, 7) is 1.77. The number of nitrogens with zero attached hydrogens (tertiary/aromatic N) is 4. The number of thiazole rings is 1. The van der Waals surface area contributed by atoms with Crippen LogP contribution in [-0.2, 0) is 11.3 Å². The Morgan fingerprint density at radius 3 is 2.91 bits per heavy atom. The smallest absolute Gasteiger partial charge is 0.307 e. The van der Waals surface area contributed by atoms with E-state index in [1.165, 1.54) is 4.57 Å². The zero-order valence-electron chi connectivity index (χ0n) is 11.8. The Balaban J connectivity index is 1.82. The molecule has 0 atom stereocenters. The number of anilines is 1. The first-order chi connectivity index (χ1) is 10.6. The van der Waals surface area contributed by atoms with Gasteiger partial charge in [-0.3, -0.25) is 14.2 Å². The molecule has 0 aliphatic carbocycles. The summed E-state index contributed by atoms with van der Waals surface area (Å²) in [5, 5.41) is 8.61. The summed E-state index contributed by atoms with van der Waals surface area (Å²) in [6, 6.07) is 5.24. The van der Waals surface area contributed by atoms with Gasteiger partial charge in [0.1, 0.15) is 6.54 Å². The molecule has 0 fully saturated rings. The van der Waals surface area contributed by atoms with Crippen LogP contribution < -0.4 is 10.2 Å². The zero-order chi connectivity index (χ0) is 15.5. The molecule has 112 valence electrons. The minimum Gasteiger partial charge on any atom is -0.321 e. The Hall–Kier alpha value is -2.74. The standard InChI is InChI=1S/C14H13N5O2S/c1-10-9-22-14(21)18(10)8-12(20)17-11-4-2-5-15-13(11)19-7-3-6-16-19/h2-7,9H,8H2,1H3,(H,17,20). The molecular formula is C14H13N5O2S. The van der Waals surface area contributed by atoms with Crippen LogP contribution in [0.5, 0.6) is 0 Å². The van der Waals surface area contributed by atoms with Gasteiger partial charge >= 0.3 is 4.87 Å². The molecule has 3 aromatic heterocycles. The van der Waals surface area contributed by atoms with Gasteiger partial charge in [-0.05, 0) is 25.1 Å². The number of hydrogen-bond donors (Lipinski definition) is 1. The number of rotatable bonds is 4. The van der Waals surface area contributed by atoms with E-state index in [4.69, 9.17) is 0 Å². The predicted molar refractivity (Wildman–Crippen MR) is 83.3 cm³/mol. The van der Waals surface area contributed by atoms with E-state index < -0.39 is 0 Å². The number of pyridine rings is 1. The van der Waals surface area contributed by atoms with Gasteiger partial charge in [-0.1, -0.05) is 11.3 Å². The molecule has 1 amide bonds. The summed E-state index contributed by atoms with van der Waals surface area (Å²) in [4.78, 5) is 27.9. The first-order valence-corrected chi connectivity index (χ1v) is 7.43. The summed E-state index contributed by atoms with van der Waals surface area (Å²) in [5.41, 5.74) is 1.31. The zero-order valence-corrected chi connectivity index (χ0v) is 12.6. The Morgan fingerprint density at radius 1 is 1.36 bits per heavy atom. The van der Waals surface area contributed by atoms with Gasteiger partial charge in [-0.15, -0.1) is 0 Å². The predicted octanol–water partition coefficient (Wildman–Crippen LogP) is 1.44. The molecule has 0 aromatic carbocycles. The van der Waals surface area contributed by atoms with E-state index in [9.17, 15) is 9.59 Å². The van der Waals surface area contributed by atoms with Crippen LogP contribution in [0.25, 0.3) is 5.82 Å². The topological polar surface area (TPSA) is 81.8 Å². The highest BCUT2D eigenvalue weighted by Crippen LogP contribution is 2.16. The molecule has 0 radical (unpaired) electrons. The first kappa shape index (κ1) is 14.2. The average Bonchev–Trinajstić information content (AvgIpc) is 3.13. The van der Waals surface area contributed by atoms with Crippen molar-refractivity contribution in [2.24, 2.45) is 0 Å². The van der Waals surface area contributed by atoms with Crippen molar-refractivity contribution >= 4 is 22.9 Å². The molecule has 8 heteroatoms. The number of amides is 1. The van der Waals surface area contributed by atoms with Crippen LogP contribution in [0.1, 0.15) is 5.69 Å². The summed E-state index contributed by atoms with van der Waals surface area (Å²) in [7, 11) is 0. The lowest BCUT2D eigenvalue weighted by atomic mass is 10.3. The van der Waals surface area contributed by atoms with Crippen molar-refractivity contribution < 1.29 is 4.79 Å². The van der Waals surface area contributed by atoms with Crippen molar-refractivity contribution in [1.29, 1.82) is 0 Å². The SMILES string of the molecule is Cc1csc(=O)n1CC(=O)Nc1cccnc1-n1cccn1. The number of hydrogen-bond acceptors (Lipinski definition) is 5. The number of aryl methyl sites for hydroxylation is 1. The van der Waals surface area contributed by atoms with Crippen LogP contribution in [0.4, 0.5) is 5.69 Å². The number of aromatic nitrogens is 4. The van der Waals surface area contributed by atoms with Gasteiger partial charge in [0.25, 0.3) is 0 Å². The Kier molecular flexibility index (Phi) is 3.84. The summed E-state index contributed by atoms with van der Waals surface area (Å²) in [5.74, 6) is 0.236. The second-order valence-corrected chi connectivity index (χ2v) is 5.42. The lowest BCUT2D eigenvalue weighted by Crippen LogP contribution is -2.25. The fourth-order valence-corrected chi connectivity index (χ4v) is 2.74. The average molecular weight is 315 g/mol. The van der Waals surface area contributed by atoms with Gasteiger partial charge in [-0.25, -0.2) is 9.67 Å². The van der Waals surface area contributed by atoms with E-state index in [1.807, 2.05) is 0 Å². The maximum Gasteiger partial charge on any atom is 0.307 e. The molecule has 0 saturated carbocycles. The Morgan fingerprint density at radius 2 is 2.23 bits per heavy atom. The normalized spacial score (nSPS) is 10.6. The second-order valence-electron chi connectivity index (χ2n) is 4.60. The van der Waals surface area contributed by atoms with E-state index in [2.05, 4.69) is 15.4 Å². The van der Waals surface area contributed by atoms with Gasteiger partial charge in [0, 0.05) is 29.7 Å². The minimum absolute atomic E-state index is 0.0262. The molecule has 0 bridgehead atoms. The second kappa shape index (κ2) is 5.94. The highest BCUT2D eigenvalue weighted by molar-refractivity contribution is 7.07. The van der Waals surface area contributed by atoms with Crippen molar-refractivity contribution in [3.8, 4) is 5.82 Å². The quantitative estimate of drug-likeness (QED) is 0.790. The third kappa shape index (κ3) is 2.82. The molecular weight excluding hydrogens is 302 g/mol. The van der Waals surface area contributed by atoms with Crippen LogP contribution in [0.2, 0.25) is 0 Å². The number of carbonyl (C=O) groups excluding carboxylic acids is 1. The highest BCUT2D eigenvalue weighted by atomic mass is 32.1. The molecule has 0 spiro atoms. The summed E-state index contributed by atoms with van der Waals surface area (Å²) < 4.78 is 3.00. The van der Waals surface area contributed by atoms with Gasteiger partial charge < -0.3 is 5.32 Å². The van der Waals surface area contributed by atoms with Crippen molar-refractivity contribution in [2.45, 2.75) is 13.5 Å². The lowest BCUT2D eigenvalue weighted by Gasteiger charge is -2.10. The molecule has 3 heterocycles. The van der Waals surface area contributed by atoms with Gasteiger partial charge in [-0.2, -0.15) is 5.10 Å². The van der Waals surface area contributed by atoms with E-state index in [-0.39, 0.29) is 17.3 Å². The molecule has 7 nitrogen and oxygen atoms in total. The third-order valence-corrected chi connectivity index (χ3v) is 3.94. The Labute approximate surface area is 129 Å². The fraction of sp³-hybridized carbons (Fsp3) is 0.143. The van der Waals surface area contributed by atoms with Crippen molar-refractivity contribution in [2.75, 3.05) is 5.32 Å². The Bertz CT molecular complexity index is 850. The molecule has 1 N–H and O–H groups in total. The summed E-state index contributed by atoms with van der Waals surface area (Å²) in [6.07, 6.45) is 5.00. The molecule has 0 unspecified atom stereocenters. The van der Waals surface area contributed by atoms with E-state index in [1.54, 1.807) is 53.8 Å². The largest absolute Gasteiger partial charge is 0.321 e. The van der Waals surface area contributed by atoms with Crippen molar-refractivity contribution in [3.05, 3.63) is 57.5 Å². The number of carbonyl (C=O) groups is 1. The van der Waals surface area contributed by atoms with E-state index in [0.717, 1.165) is 17.0 Å². The lowest BCUT2D eigenvalue weighted by molar-refractivity contribution is -0.116. The number of nitrogens with one attached hydrogen (secondary N) is 1. The third-order valence-electron chi connectivity index (χ3n) is 3.06. The van der Waals surface area contributed by atoms with E-state index >= 15 is 0 Å². The van der Waals surface area contributed by atoms with Crippen molar-refractivity contribution in [3.63, 3.8) is 0 Å². The molecule has 0 saturated heterocycles. The molecule has 3 rings (SSSR count). The van der Waals surface area contributed by atoms with Crippen LogP contribution in [-0.4, -0.2) is 25.2 Å². The van der Waals surface area contributed by atoms with Crippen LogP contribution in [0.15, 0.2) is 47.0 Å². The fourth-order valence-electron chi connectivity index (χ4n) is 2.00. The van der Waals surface area contributed by atoms with Crippen molar-refractivity contribution in [1.82, 2.24) is 19.3 Å². The molecule has 0 aliphatic heterocycles. The van der Waals surface area contributed by atoms with Crippen LogP contribution in [0.3, 0.4) is 0 Å². The maximum atomic E-state index is 12.2. The van der Waals surface area contributed by atoms with Gasteiger partial charge in [0.2, 0.25) is 5.91 Å². The van der Waals surface area contributed by atoms with Gasteiger partial charge in [0.05, 0.1) is 5.69 Å². The molecule has 3 aromatic rings. The van der Waals surface area contributed by atoms with Crippen LogP contribution >= 0.6 is 11.3 Å². The minimum atomic E-state index is -0.287. The maximum absolute atomic E-state index is 12.2. The van der Waals surface area contributed by atoms with Gasteiger partial charge in [0.15, 0.2) is 5.82 Å².